The fourth-order valence-electron chi connectivity index (χ4n) is 1.42. The summed E-state index contributed by atoms with van der Waals surface area (Å²) in [6.45, 7) is 1.46. The molecule has 1 fully saturated rings. The van der Waals surface area contributed by atoms with Gasteiger partial charge in [0.25, 0.3) is 9.05 Å². The third-order valence-corrected chi connectivity index (χ3v) is 7.17. The van der Waals surface area contributed by atoms with Crippen LogP contribution in [0.1, 0.15) is 18.5 Å². The number of sulfonamides is 1. The van der Waals surface area contributed by atoms with E-state index in [0.29, 0.717) is 0 Å². The number of hydrogen-bond donors (Lipinski definition) is 1. The first-order chi connectivity index (χ1) is 8.17. The van der Waals surface area contributed by atoms with Crippen molar-refractivity contribution in [1.82, 2.24) is 4.98 Å². The first-order valence-electron chi connectivity index (χ1n) is 5.10. The van der Waals surface area contributed by atoms with Gasteiger partial charge in [-0.1, -0.05) is 11.3 Å². The summed E-state index contributed by atoms with van der Waals surface area (Å²) >= 11 is 0.720. The van der Waals surface area contributed by atoms with Crippen LogP contribution in [-0.4, -0.2) is 27.6 Å². The molecule has 0 amide bonds. The molecular formula is C8H11ClN2O4S3. The predicted molar refractivity (Wildman–Crippen MR) is 70.0 cm³/mol. The Bertz CT molecular complexity index is 661. The molecule has 2 rings (SSSR count). The molecule has 6 nitrogen and oxygen atoms in total. The van der Waals surface area contributed by atoms with Crippen LogP contribution in [0.2, 0.25) is 0 Å². The second-order valence-electron chi connectivity index (χ2n) is 4.16. The van der Waals surface area contributed by atoms with Crippen LogP contribution < -0.4 is 4.72 Å². The topological polar surface area (TPSA) is 93.2 Å². The molecule has 18 heavy (non-hydrogen) atoms. The van der Waals surface area contributed by atoms with Gasteiger partial charge < -0.3 is 0 Å². The largest absolute Gasteiger partial charge is 0.272 e. The molecule has 0 spiro atoms. The molecule has 1 aliphatic rings. The Balaban J connectivity index is 2.20. The van der Waals surface area contributed by atoms with Gasteiger partial charge in [0.15, 0.2) is 9.34 Å². The highest BCUT2D eigenvalue weighted by Crippen LogP contribution is 2.33. The molecule has 1 saturated carbocycles. The Morgan fingerprint density at radius 2 is 2.00 bits per heavy atom. The highest BCUT2D eigenvalue weighted by Gasteiger charge is 2.29. The third-order valence-electron chi connectivity index (χ3n) is 2.37. The highest BCUT2D eigenvalue weighted by atomic mass is 35.7. The molecule has 102 valence electrons. The van der Waals surface area contributed by atoms with Gasteiger partial charge >= 0.3 is 0 Å². The molecule has 0 aliphatic heterocycles. The maximum absolute atomic E-state index is 11.7. The van der Waals surface area contributed by atoms with E-state index < -0.39 is 19.1 Å². The van der Waals surface area contributed by atoms with Gasteiger partial charge in [0.2, 0.25) is 10.0 Å². The van der Waals surface area contributed by atoms with E-state index in [-0.39, 0.29) is 26.7 Å². The second kappa shape index (κ2) is 4.62. The Kier molecular flexibility index (Phi) is 3.60. The summed E-state index contributed by atoms with van der Waals surface area (Å²) in [6.07, 6.45) is 1.83. The van der Waals surface area contributed by atoms with Crippen LogP contribution in [0.5, 0.6) is 0 Å². The van der Waals surface area contributed by atoms with Crippen LogP contribution in [0.15, 0.2) is 4.21 Å². The van der Waals surface area contributed by atoms with Crippen molar-refractivity contribution in [1.29, 1.82) is 0 Å². The zero-order chi connectivity index (χ0) is 13.6. The fraction of sp³-hybridized carbons (Fsp3) is 0.625. The molecule has 1 aromatic heterocycles. The molecule has 0 atom stereocenters. The van der Waals surface area contributed by atoms with Crippen molar-refractivity contribution >= 4 is 46.2 Å². The monoisotopic (exact) mass is 330 g/mol. The maximum atomic E-state index is 11.7. The quantitative estimate of drug-likeness (QED) is 0.826. The fourth-order valence-corrected chi connectivity index (χ4v) is 5.52. The van der Waals surface area contributed by atoms with E-state index in [1.807, 2.05) is 0 Å². The summed E-state index contributed by atoms with van der Waals surface area (Å²) in [5.41, 5.74) is 0.194. The summed E-state index contributed by atoms with van der Waals surface area (Å²) in [6, 6.07) is 0. The number of rotatable bonds is 5. The van der Waals surface area contributed by atoms with Gasteiger partial charge in [-0.15, -0.1) is 0 Å². The standard InChI is InChI=1S/C8H11ClN2O4S3/c1-5-7(18(9,14)15)16-8(10-5)11-17(12,13)4-6-2-3-6/h6H,2-4H2,1H3,(H,10,11). The minimum absolute atomic E-state index is 0.0346. The normalized spacial score (nSPS) is 16.8. The molecule has 10 heteroatoms. The van der Waals surface area contributed by atoms with Crippen molar-refractivity contribution in [3.63, 3.8) is 0 Å². The van der Waals surface area contributed by atoms with Gasteiger partial charge in [0, 0.05) is 10.7 Å². The number of aromatic nitrogens is 1. The molecule has 0 bridgehead atoms. The van der Waals surface area contributed by atoms with Crippen molar-refractivity contribution in [2.75, 3.05) is 10.5 Å². The SMILES string of the molecule is Cc1nc(NS(=O)(=O)CC2CC2)sc1S(=O)(=O)Cl. The minimum atomic E-state index is -3.89. The number of halogens is 1. The number of aryl methyl sites for hydroxylation is 1. The second-order valence-corrected chi connectivity index (χ2v) is 9.68. The minimum Gasteiger partial charge on any atom is -0.259 e. The van der Waals surface area contributed by atoms with Crippen molar-refractivity contribution in [3.8, 4) is 0 Å². The van der Waals surface area contributed by atoms with Gasteiger partial charge in [-0.25, -0.2) is 21.8 Å². The smallest absolute Gasteiger partial charge is 0.259 e. The molecule has 0 unspecified atom stereocenters. The van der Waals surface area contributed by atoms with Crippen LogP contribution in [-0.2, 0) is 19.1 Å². The molecule has 0 aromatic carbocycles. The molecule has 1 N–H and O–H groups in total. The van der Waals surface area contributed by atoms with Crippen molar-refractivity contribution in [3.05, 3.63) is 5.69 Å². The van der Waals surface area contributed by atoms with Crippen molar-refractivity contribution < 1.29 is 16.8 Å². The Hall–Kier alpha value is -0.380. The molecule has 1 heterocycles. The van der Waals surface area contributed by atoms with Gasteiger partial charge in [0.05, 0.1) is 11.4 Å². The van der Waals surface area contributed by atoms with E-state index in [9.17, 15) is 16.8 Å². The Morgan fingerprint density at radius 3 is 2.44 bits per heavy atom. The lowest BCUT2D eigenvalue weighted by Gasteiger charge is -2.02. The summed E-state index contributed by atoms with van der Waals surface area (Å²) in [5.74, 6) is 0.258. The number of thiazole rings is 1. The molecule has 1 aromatic rings. The lowest BCUT2D eigenvalue weighted by atomic mass is 10.5. The zero-order valence-corrected chi connectivity index (χ0v) is 12.6. The van der Waals surface area contributed by atoms with E-state index in [1.54, 1.807) is 0 Å². The van der Waals surface area contributed by atoms with Crippen LogP contribution in [0.3, 0.4) is 0 Å². The van der Waals surface area contributed by atoms with E-state index in [4.69, 9.17) is 10.7 Å². The predicted octanol–water partition coefficient (Wildman–Crippen LogP) is 1.53. The molecular weight excluding hydrogens is 320 g/mol. The molecule has 0 radical (unpaired) electrons. The van der Waals surface area contributed by atoms with Crippen LogP contribution in [0, 0.1) is 12.8 Å². The Labute approximate surface area is 114 Å². The summed E-state index contributed by atoms with van der Waals surface area (Å²) in [5, 5.41) is 0.0346. The van der Waals surface area contributed by atoms with Crippen LogP contribution in [0.4, 0.5) is 5.13 Å². The lowest BCUT2D eigenvalue weighted by Crippen LogP contribution is -2.17. The van der Waals surface area contributed by atoms with Crippen molar-refractivity contribution in [2.45, 2.75) is 24.0 Å². The first kappa shape index (κ1) is 14.0. The highest BCUT2D eigenvalue weighted by molar-refractivity contribution is 8.15. The van der Waals surface area contributed by atoms with Gasteiger partial charge in [0.1, 0.15) is 0 Å². The molecule has 0 saturated heterocycles. The molecule has 1 aliphatic carbocycles. The average molecular weight is 331 g/mol. The van der Waals surface area contributed by atoms with Crippen LogP contribution in [0.25, 0.3) is 0 Å². The number of hydrogen-bond acceptors (Lipinski definition) is 6. The van der Waals surface area contributed by atoms with Gasteiger partial charge in [-0.05, 0) is 25.7 Å². The summed E-state index contributed by atoms with van der Waals surface area (Å²) in [4.78, 5) is 3.85. The van der Waals surface area contributed by atoms with E-state index in [1.165, 1.54) is 6.92 Å². The maximum Gasteiger partial charge on any atom is 0.272 e. The Morgan fingerprint density at radius 1 is 1.39 bits per heavy atom. The van der Waals surface area contributed by atoms with E-state index in [0.717, 1.165) is 24.2 Å². The van der Waals surface area contributed by atoms with E-state index in [2.05, 4.69) is 9.71 Å². The summed E-state index contributed by atoms with van der Waals surface area (Å²) in [7, 11) is -2.14. The van der Waals surface area contributed by atoms with Gasteiger partial charge in [-0.2, -0.15) is 0 Å². The zero-order valence-electron chi connectivity index (χ0n) is 9.38. The third kappa shape index (κ3) is 3.56. The van der Waals surface area contributed by atoms with Gasteiger partial charge in [-0.3, -0.25) is 4.72 Å². The number of nitrogens with zero attached hydrogens (tertiary/aromatic N) is 1. The van der Waals surface area contributed by atoms with E-state index >= 15 is 0 Å². The van der Waals surface area contributed by atoms with Crippen molar-refractivity contribution in [2.24, 2.45) is 5.92 Å². The number of nitrogens with one attached hydrogen (secondary N) is 1. The summed E-state index contributed by atoms with van der Waals surface area (Å²) < 4.78 is 47.9. The number of anilines is 1. The first-order valence-corrected chi connectivity index (χ1v) is 9.88. The lowest BCUT2D eigenvalue weighted by molar-refractivity contribution is 0.597. The average Bonchev–Trinajstić information content (AvgIpc) is 2.86. The van der Waals surface area contributed by atoms with Crippen LogP contribution >= 0.6 is 22.0 Å².